The molecular formula is C21H12ClN3OS. The Hall–Kier alpha value is -3.38. The molecule has 3 rings (SSSR count). The van der Waals surface area contributed by atoms with E-state index in [4.69, 9.17) is 11.6 Å². The van der Waals surface area contributed by atoms with Crippen LogP contribution in [-0.2, 0) is 0 Å². The van der Waals surface area contributed by atoms with Crippen molar-refractivity contribution >= 4 is 34.8 Å². The quantitative estimate of drug-likeness (QED) is 0.403. The second-order valence-corrected chi connectivity index (χ2v) is 6.77. The lowest BCUT2D eigenvalue weighted by Gasteiger charge is -2.25. The predicted octanol–water partition coefficient (Wildman–Crippen LogP) is 5.31. The maximum atomic E-state index is 13.2. The molecule has 1 aliphatic rings. The fourth-order valence-corrected chi connectivity index (χ4v) is 3.38. The van der Waals surface area contributed by atoms with Crippen molar-refractivity contribution in [2.45, 2.75) is 0 Å². The Morgan fingerprint density at radius 2 is 1.89 bits per heavy atom. The average molecular weight is 390 g/mol. The fourth-order valence-electron chi connectivity index (χ4n) is 2.51. The normalized spacial score (nSPS) is 13.2. The van der Waals surface area contributed by atoms with Gasteiger partial charge < -0.3 is 4.90 Å². The van der Waals surface area contributed by atoms with Crippen molar-refractivity contribution in [1.82, 2.24) is 4.90 Å². The van der Waals surface area contributed by atoms with Crippen LogP contribution in [0.15, 0.2) is 83.2 Å². The lowest BCUT2D eigenvalue weighted by Crippen LogP contribution is -2.23. The molecule has 2 heterocycles. The summed E-state index contributed by atoms with van der Waals surface area (Å²) in [6.45, 7) is 0. The molecule has 4 nitrogen and oxygen atoms in total. The summed E-state index contributed by atoms with van der Waals surface area (Å²) < 4.78 is 0. The number of halogens is 1. The van der Waals surface area contributed by atoms with Crippen LogP contribution in [-0.4, -0.2) is 10.7 Å². The molecule has 0 spiro atoms. The highest BCUT2D eigenvalue weighted by Gasteiger charge is 2.24. The molecule has 1 aromatic carbocycles. The molecule has 27 heavy (non-hydrogen) atoms. The van der Waals surface area contributed by atoms with Crippen LogP contribution in [0.25, 0.3) is 6.08 Å². The van der Waals surface area contributed by atoms with Gasteiger partial charge in [-0.3, -0.25) is 4.79 Å². The minimum atomic E-state index is -0.224. The first kappa shape index (κ1) is 18.4. The Morgan fingerprint density at radius 3 is 2.56 bits per heavy atom. The summed E-state index contributed by atoms with van der Waals surface area (Å²) in [4.78, 5) is 15.3. The lowest BCUT2D eigenvalue weighted by molar-refractivity contribution is 0.101. The molecule has 0 aliphatic carbocycles. The Bertz CT molecular complexity index is 1060. The highest BCUT2D eigenvalue weighted by molar-refractivity contribution is 7.12. The molecule has 2 aromatic rings. The summed E-state index contributed by atoms with van der Waals surface area (Å²) in [6.07, 6.45) is 8.39. The third kappa shape index (κ3) is 3.91. The van der Waals surface area contributed by atoms with Crippen molar-refractivity contribution in [3.63, 3.8) is 0 Å². The zero-order valence-corrected chi connectivity index (χ0v) is 15.5. The van der Waals surface area contributed by atoms with Crippen molar-refractivity contribution in [1.29, 1.82) is 10.5 Å². The SMILES string of the molecule is N#CC(C#N)=C1C=CC=CN1/C(=C\c1ccccc1Cl)C(=O)c1cccs1. The van der Waals surface area contributed by atoms with Crippen molar-refractivity contribution in [3.05, 3.63) is 98.6 Å². The summed E-state index contributed by atoms with van der Waals surface area (Å²) >= 11 is 7.59. The molecular weight excluding hydrogens is 378 g/mol. The summed E-state index contributed by atoms with van der Waals surface area (Å²) in [5.74, 6) is -0.224. The van der Waals surface area contributed by atoms with Gasteiger partial charge >= 0.3 is 0 Å². The van der Waals surface area contributed by atoms with Gasteiger partial charge in [0.2, 0.25) is 5.78 Å². The molecule has 130 valence electrons. The number of ketones is 1. The van der Waals surface area contributed by atoms with E-state index in [1.807, 2.05) is 23.6 Å². The number of nitriles is 2. The van der Waals surface area contributed by atoms with E-state index in [0.29, 0.717) is 26.9 Å². The van der Waals surface area contributed by atoms with E-state index >= 15 is 0 Å². The minimum absolute atomic E-state index is 0.0837. The Kier molecular flexibility index (Phi) is 5.68. The Balaban J connectivity index is 2.20. The Morgan fingerprint density at radius 1 is 1.11 bits per heavy atom. The van der Waals surface area contributed by atoms with Crippen molar-refractivity contribution in [3.8, 4) is 12.1 Å². The fraction of sp³-hybridized carbons (Fsp3) is 0. The molecule has 0 fully saturated rings. The molecule has 0 amide bonds. The van der Waals surface area contributed by atoms with Crippen LogP contribution in [0.5, 0.6) is 0 Å². The largest absolute Gasteiger partial charge is 0.312 e. The van der Waals surface area contributed by atoms with Gasteiger partial charge in [0.15, 0.2) is 5.57 Å². The first-order valence-corrected chi connectivity index (χ1v) is 9.14. The molecule has 0 saturated heterocycles. The number of Topliss-reactive ketones (excluding diaryl/α,β-unsaturated/α-hetero) is 1. The number of hydrogen-bond acceptors (Lipinski definition) is 5. The van der Waals surface area contributed by atoms with Gasteiger partial charge in [0.1, 0.15) is 12.1 Å². The van der Waals surface area contributed by atoms with E-state index in [1.165, 1.54) is 11.3 Å². The maximum Gasteiger partial charge on any atom is 0.219 e. The van der Waals surface area contributed by atoms with Gasteiger partial charge in [-0.05, 0) is 41.3 Å². The van der Waals surface area contributed by atoms with Gasteiger partial charge in [-0.25, -0.2) is 0 Å². The van der Waals surface area contributed by atoms with E-state index in [-0.39, 0.29) is 11.4 Å². The maximum absolute atomic E-state index is 13.2. The van der Waals surface area contributed by atoms with Gasteiger partial charge in [0.05, 0.1) is 16.3 Å². The third-order valence-electron chi connectivity index (χ3n) is 3.77. The van der Waals surface area contributed by atoms with Crippen LogP contribution in [0.1, 0.15) is 15.2 Å². The van der Waals surface area contributed by atoms with Gasteiger partial charge in [0.25, 0.3) is 0 Å². The molecule has 0 atom stereocenters. The summed E-state index contributed by atoms with van der Waals surface area (Å²) in [5.41, 5.74) is 1.21. The van der Waals surface area contributed by atoms with E-state index in [9.17, 15) is 15.3 Å². The highest BCUT2D eigenvalue weighted by atomic mass is 35.5. The van der Waals surface area contributed by atoms with Gasteiger partial charge in [-0.1, -0.05) is 41.9 Å². The first-order chi connectivity index (χ1) is 13.2. The average Bonchev–Trinajstić information content (AvgIpc) is 3.23. The van der Waals surface area contributed by atoms with Gasteiger partial charge in [0, 0.05) is 11.2 Å². The smallest absolute Gasteiger partial charge is 0.219 e. The number of nitrogens with zero attached hydrogens (tertiary/aromatic N) is 3. The minimum Gasteiger partial charge on any atom is -0.312 e. The zero-order valence-electron chi connectivity index (χ0n) is 14.0. The standard InChI is InChI=1S/C21H12ClN3OS/c22-17-7-2-1-6-15(17)12-19(21(26)20-9-5-11-27-20)25-10-4-3-8-18(25)16(13-23)14-24/h1-12H/b19-12-. The molecule has 0 bridgehead atoms. The van der Waals surface area contributed by atoms with Crippen LogP contribution >= 0.6 is 22.9 Å². The van der Waals surface area contributed by atoms with Crippen molar-refractivity contribution in [2.24, 2.45) is 0 Å². The van der Waals surface area contributed by atoms with E-state index < -0.39 is 0 Å². The number of benzene rings is 1. The molecule has 1 aliphatic heterocycles. The van der Waals surface area contributed by atoms with Gasteiger partial charge in [-0.15, -0.1) is 11.3 Å². The van der Waals surface area contributed by atoms with E-state index in [0.717, 1.165) is 0 Å². The molecule has 0 N–H and O–H groups in total. The molecule has 0 saturated carbocycles. The second kappa shape index (κ2) is 8.33. The number of carbonyl (C=O) groups excluding carboxylic acids is 1. The second-order valence-electron chi connectivity index (χ2n) is 5.41. The molecule has 1 aromatic heterocycles. The van der Waals surface area contributed by atoms with Crippen LogP contribution in [0.4, 0.5) is 0 Å². The zero-order chi connectivity index (χ0) is 19.2. The number of allylic oxidation sites excluding steroid dienone is 5. The molecule has 0 radical (unpaired) electrons. The summed E-state index contributed by atoms with van der Waals surface area (Å²) in [7, 11) is 0. The number of rotatable bonds is 4. The Labute approximate surface area is 165 Å². The van der Waals surface area contributed by atoms with Crippen LogP contribution in [0, 0.1) is 22.7 Å². The highest BCUT2D eigenvalue weighted by Crippen LogP contribution is 2.29. The molecule has 0 unspecified atom stereocenters. The van der Waals surface area contributed by atoms with Crippen LogP contribution in [0.2, 0.25) is 5.02 Å². The van der Waals surface area contributed by atoms with Crippen LogP contribution < -0.4 is 0 Å². The van der Waals surface area contributed by atoms with Gasteiger partial charge in [-0.2, -0.15) is 10.5 Å². The predicted molar refractivity (Wildman–Crippen MR) is 106 cm³/mol. The number of hydrogen-bond donors (Lipinski definition) is 0. The lowest BCUT2D eigenvalue weighted by atomic mass is 10.1. The first-order valence-electron chi connectivity index (χ1n) is 7.88. The third-order valence-corrected chi connectivity index (χ3v) is 4.99. The molecule has 6 heteroatoms. The van der Waals surface area contributed by atoms with Crippen molar-refractivity contribution in [2.75, 3.05) is 0 Å². The monoisotopic (exact) mass is 389 g/mol. The summed E-state index contributed by atoms with van der Waals surface area (Å²) in [6, 6.07) is 14.5. The van der Waals surface area contributed by atoms with E-state index in [2.05, 4.69) is 0 Å². The number of thiophene rings is 1. The topological polar surface area (TPSA) is 67.9 Å². The summed E-state index contributed by atoms with van der Waals surface area (Å²) in [5, 5.41) is 20.9. The van der Waals surface area contributed by atoms with Crippen LogP contribution in [0.3, 0.4) is 0 Å². The van der Waals surface area contributed by atoms with Crippen molar-refractivity contribution < 1.29 is 4.79 Å². The van der Waals surface area contributed by atoms with E-state index in [1.54, 1.807) is 65.7 Å². The number of carbonyl (C=O) groups is 1.